The SMILES string of the molecule is CN(Cc1nc(C2CC2)no1)CC1CCCCO1. The molecule has 2 heterocycles. The minimum absolute atomic E-state index is 0.370. The van der Waals surface area contributed by atoms with Crippen LogP contribution in [0, 0.1) is 0 Å². The van der Waals surface area contributed by atoms with Gasteiger partial charge in [0.25, 0.3) is 0 Å². The summed E-state index contributed by atoms with van der Waals surface area (Å²) in [6, 6.07) is 0. The van der Waals surface area contributed by atoms with Gasteiger partial charge in [0.05, 0.1) is 12.6 Å². The van der Waals surface area contributed by atoms with E-state index >= 15 is 0 Å². The fraction of sp³-hybridized carbons (Fsp3) is 0.846. The predicted molar refractivity (Wildman–Crippen MR) is 66.2 cm³/mol. The summed E-state index contributed by atoms with van der Waals surface area (Å²) in [5, 5.41) is 4.03. The molecule has 100 valence electrons. The van der Waals surface area contributed by atoms with Crippen LogP contribution in [-0.4, -0.2) is 41.3 Å². The zero-order chi connectivity index (χ0) is 12.4. The van der Waals surface area contributed by atoms with Crippen molar-refractivity contribution in [3.8, 4) is 0 Å². The summed E-state index contributed by atoms with van der Waals surface area (Å²) in [5.74, 6) is 2.19. The molecule has 0 amide bonds. The van der Waals surface area contributed by atoms with Gasteiger partial charge in [-0.25, -0.2) is 0 Å². The highest BCUT2D eigenvalue weighted by atomic mass is 16.5. The molecule has 1 saturated carbocycles. The minimum atomic E-state index is 0.370. The van der Waals surface area contributed by atoms with Gasteiger partial charge in [-0.2, -0.15) is 4.98 Å². The van der Waals surface area contributed by atoms with Crippen molar-refractivity contribution in [1.29, 1.82) is 0 Å². The molecule has 1 aliphatic heterocycles. The molecule has 5 heteroatoms. The molecule has 1 aromatic heterocycles. The van der Waals surface area contributed by atoms with Crippen LogP contribution in [0.25, 0.3) is 0 Å². The topological polar surface area (TPSA) is 51.4 Å². The van der Waals surface area contributed by atoms with E-state index in [0.29, 0.717) is 12.0 Å². The van der Waals surface area contributed by atoms with E-state index in [2.05, 4.69) is 22.1 Å². The highest BCUT2D eigenvalue weighted by molar-refractivity contribution is 5.03. The largest absolute Gasteiger partial charge is 0.377 e. The molecule has 1 aliphatic carbocycles. The summed E-state index contributed by atoms with van der Waals surface area (Å²) >= 11 is 0. The standard InChI is InChI=1S/C13H21N3O2/c1-16(8-11-4-2-3-7-17-11)9-12-14-13(15-18-12)10-5-6-10/h10-11H,2-9H2,1H3. The van der Waals surface area contributed by atoms with Gasteiger partial charge in [-0.05, 0) is 39.2 Å². The van der Waals surface area contributed by atoms with Crippen molar-refractivity contribution in [2.45, 2.75) is 50.7 Å². The van der Waals surface area contributed by atoms with E-state index in [1.165, 1.54) is 32.1 Å². The van der Waals surface area contributed by atoms with Gasteiger partial charge in [-0.3, -0.25) is 4.90 Å². The fourth-order valence-electron chi connectivity index (χ4n) is 2.43. The van der Waals surface area contributed by atoms with Gasteiger partial charge in [-0.1, -0.05) is 5.16 Å². The van der Waals surface area contributed by atoms with E-state index in [1.54, 1.807) is 0 Å². The zero-order valence-corrected chi connectivity index (χ0v) is 11.0. The maximum Gasteiger partial charge on any atom is 0.240 e. The first kappa shape index (κ1) is 12.1. The first-order valence-electron chi connectivity index (χ1n) is 6.94. The Labute approximate surface area is 107 Å². The Bertz CT molecular complexity index is 383. The molecular formula is C13H21N3O2. The Balaban J connectivity index is 1.48. The summed E-state index contributed by atoms with van der Waals surface area (Å²) in [4.78, 5) is 6.65. The number of ether oxygens (including phenoxy) is 1. The van der Waals surface area contributed by atoms with Crippen molar-refractivity contribution in [3.63, 3.8) is 0 Å². The second-order valence-electron chi connectivity index (χ2n) is 5.51. The zero-order valence-electron chi connectivity index (χ0n) is 11.0. The van der Waals surface area contributed by atoms with Crippen LogP contribution in [0.15, 0.2) is 4.52 Å². The Morgan fingerprint density at radius 3 is 2.89 bits per heavy atom. The lowest BCUT2D eigenvalue weighted by Crippen LogP contribution is -2.33. The Morgan fingerprint density at radius 1 is 1.28 bits per heavy atom. The molecule has 1 aromatic rings. The molecule has 18 heavy (non-hydrogen) atoms. The smallest absolute Gasteiger partial charge is 0.240 e. The maximum atomic E-state index is 5.73. The minimum Gasteiger partial charge on any atom is -0.377 e. The number of aromatic nitrogens is 2. The second kappa shape index (κ2) is 5.36. The molecule has 1 saturated heterocycles. The summed E-state index contributed by atoms with van der Waals surface area (Å²) < 4.78 is 11.0. The van der Waals surface area contributed by atoms with Gasteiger partial charge in [-0.15, -0.1) is 0 Å². The van der Waals surface area contributed by atoms with E-state index in [0.717, 1.165) is 31.4 Å². The molecule has 1 atom stereocenters. The fourth-order valence-corrected chi connectivity index (χ4v) is 2.43. The molecule has 0 spiro atoms. The number of nitrogens with zero attached hydrogens (tertiary/aromatic N) is 3. The predicted octanol–water partition coefficient (Wildman–Crippen LogP) is 1.95. The number of hydrogen-bond acceptors (Lipinski definition) is 5. The maximum absolute atomic E-state index is 5.73. The summed E-state index contributed by atoms with van der Waals surface area (Å²) in [6.45, 7) is 2.58. The third-order valence-corrected chi connectivity index (χ3v) is 3.62. The van der Waals surface area contributed by atoms with E-state index in [9.17, 15) is 0 Å². The van der Waals surface area contributed by atoms with Crippen LogP contribution >= 0.6 is 0 Å². The van der Waals surface area contributed by atoms with Crippen molar-refractivity contribution in [3.05, 3.63) is 11.7 Å². The molecule has 0 aromatic carbocycles. The van der Waals surface area contributed by atoms with Crippen molar-refractivity contribution >= 4 is 0 Å². The molecule has 0 bridgehead atoms. The van der Waals surface area contributed by atoms with Crippen LogP contribution in [0.4, 0.5) is 0 Å². The van der Waals surface area contributed by atoms with Crippen molar-refractivity contribution in [2.24, 2.45) is 0 Å². The average molecular weight is 251 g/mol. The van der Waals surface area contributed by atoms with Gasteiger partial charge < -0.3 is 9.26 Å². The number of rotatable bonds is 5. The summed E-state index contributed by atoms with van der Waals surface area (Å²) in [6.07, 6.45) is 6.45. The van der Waals surface area contributed by atoms with E-state index in [-0.39, 0.29) is 0 Å². The van der Waals surface area contributed by atoms with Crippen LogP contribution in [0.3, 0.4) is 0 Å². The summed E-state index contributed by atoms with van der Waals surface area (Å²) in [5.41, 5.74) is 0. The summed E-state index contributed by atoms with van der Waals surface area (Å²) in [7, 11) is 2.08. The monoisotopic (exact) mass is 251 g/mol. The van der Waals surface area contributed by atoms with Gasteiger partial charge in [0.1, 0.15) is 0 Å². The lowest BCUT2D eigenvalue weighted by Gasteiger charge is -2.26. The van der Waals surface area contributed by atoms with Crippen molar-refractivity contribution in [2.75, 3.05) is 20.2 Å². The molecule has 0 N–H and O–H groups in total. The van der Waals surface area contributed by atoms with E-state index < -0.39 is 0 Å². The third-order valence-electron chi connectivity index (χ3n) is 3.62. The van der Waals surface area contributed by atoms with E-state index in [1.807, 2.05) is 0 Å². The molecular weight excluding hydrogens is 230 g/mol. The highest BCUT2D eigenvalue weighted by Crippen LogP contribution is 2.38. The van der Waals surface area contributed by atoms with E-state index in [4.69, 9.17) is 9.26 Å². The average Bonchev–Trinajstić information content (AvgIpc) is 3.12. The molecule has 1 unspecified atom stereocenters. The van der Waals surface area contributed by atoms with Gasteiger partial charge in [0, 0.05) is 19.1 Å². The normalized spacial score (nSPS) is 24.7. The molecule has 2 aliphatic rings. The third kappa shape index (κ3) is 3.09. The van der Waals surface area contributed by atoms with Gasteiger partial charge >= 0.3 is 0 Å². The van der Waals surface area contributed by atoms with Crippen LogP contribution in [0.2, 0.25) is 0 Å². The number of hydrogen-bond donors (Lipinski definition) is 0. The first-order chi connectivity index (χ1) is 8.81. The molecule has 3 rings (SSSR count). The van der Waals surface area contributed by atoms with Gasteiger partial charge in [0.15, 0.2) is 5.82 Å². The van der Waals surface area contributed by atoms with Crippen LogP contribution in [-0.2, 0) is 11.3 Å². The molecule has 0 radical (unpaired) electrons. The second-order valence-corrected chi connectivity index (χ2v) is 5.51. The van der Waals surface area contributed by atoms with Crippen molar-refractivity contribution < 1.29 is 9.26 Å². The Hall–Kier alpha value is -0.940. The first-order valence-corrected chi connectivity index (χ1v) is 6.94. The quantitative estimate of drug-likeness (QED) is 0.800. The number of likely N-dealkylation sites (N-methyl/N-ethyl adjacent to an activating group) is 1. The van der Waals surface area contributed by atoms with Crippen LogP contribution in [0.5, 0.6) is 0 Å². The van der Waals surface area contributed by atoms with Crippen LogP contribution < -0.4 is 0 Å². The lowest BCUT2D eigenvalue weighted by molar-refractivity contribution is -0.00382. The van der Waals surface area contributed by atoms with Crippen LogP contribution in [0.1, 0.15) is 49.7 Å². The lowest BCUT2D eigenvalue weighted by atomic mass is 10.1. The Morgan fingerprint density at radius 2 is 2.17 bits per heavy atom. The molecule has 5 nitrogen and oxygen atoms in total. The van der Waals surface area contributed by atoms with Gasteiger partial charge in [0.2, 0.25) is 5.89 Å². The molecule has 2 fully saturated rings. The highest BCUT2D eigenvalue weighted by Gasteiger charge is 2.29. The van der Waals surface area contributed by atoms with Crippen molar-refractivity contribution in [1.82, 2.24) is 15.0 Å². The Kier molecular flexibility index (Phi) is 3.61.